The highest BCUT2D eigenvalue weighted by molar-refractivity contribution is 6.30. The Morgan fingerprint density at radius 1 is 1.29 bits per heavy atom. The van der Waals surface area contributed by atoms with E-state index in [0.717, 1.165) is 11.4 Å². The van der Waals surface area contributed by atoms with Gasteiger partial charge in [-0.2, -0.15) is 5.10 Å². The van der Waals surface area contributed by atoms with Crippen LogP contribution in [0.15, 0.2) is 36.5 Å². The molecule has 2 rings (SSSR count). The highest BCUT2D eigenvalue weighted by atomic mass is 35.5. The van der Waals surface area contributed by atoms with E-state index in [9.17, 15) is 0 Å². The van der Waals surface area contributed by atoms with Gasteiger partial charge in [0, 0.05) is 29.9 Å². The van der Waals surface area contributed by atoms with Crippen molar-refractivity contribution in [2.24, 2.45) is 12.8 Å². The molecule has 0 amide bonds. The Hall–Kier alpha value is -1.32. The van der Waals surface area contributed by atoms with Gasteiger partial charge in [-0.1, -0.05) is 23.7 Å². The summed E-state index contributed by atoms with van der Waals surface area (Å²) in [6.07, 6.45) is 2.72. The summed E-state index contributed by atoms with van der Waals surface area (Å²) in [6.45, 7) is 0.651. The van der Waals surface area contributed by atoms with Gasteiger partial charge in [0.25, 0.3) is 0 Å². The summed E-state index contributed by atoms with van der Waals surface area (Å²) in [5.41, 5.74) is 8.10. The van der Waals surface area contributed by atoms with E-state index in [4.69, 9.17) is 17.3 Å². The Morgan fingerprint density at radius 2 is 2.00 bits per heavy atom. The fourth-order valence-corrected chi connectivity index (χ4v) is 2.20. The molecule has 0 saturated heterocycles. The average molecular weight is 250 g/mol. The lowest BCUT2D eigenvalue weighted by Crippen LogP contribution is -2.12. The van der Waals surface area contributed by atoms with E-state index in [0.29, 0.717) is 6.54 Å². The molecular weight excluding hydrogens is 234 g/mol. The molecule has 90 valence electrons. The van der Waals surface area contributed by atoms with Gasteiger partial charge in [-0.05, 0) is 36.7 Å². The molecule has 1 heterocycles. The predicted molar refractivity (Wildman–Crippen MR) is 70.2 cm³/mol. The summed E-state index contributed by atoms with van der Waals surface area (Å²) in [4.78, 5) is 0. The molecule has 0 bridgehead atoms. The molecular formula is C13H16ClN3. The van der Waals surface area contributed by atoms with Gasteiger partial charge in [-0.15, -0.1) is 0 Å². The molecule has 3 nitrogen and oxygen atoms in total. The van der Waals surface area contributed by atoms with Gasteiger partial charge in [0.2, 0.25) is 0 Å². The Labute approximate surface area is 106 Å². The lowest BCUT2D eigenvalue weighted by atomic mass is 9.92. The molecule has 1 aromatic heterocycles. The van der Waals surface area contributed by atoms with Crippen molar-refractivity contribution in [2.75, 3.05) is 6.54 Å². The lowest BCUT2D eigenvalue weighted by Gasteiger charge is -2.17. The van der Waals surface area contributed by atoms with Crippen molar-refractivity contribution in [3.05, 3.63) is 52.8 Å². The molecule has 0 aliphatic carbocycles. The van der Waals surface area contributed by atoms with E-state index in [-0.39, 0.29) is 5.92 Å². The predicted octanol–water partition coefficient (Wildman–Crippen LogP) is 2.55. The number of nitrogens with zero attached hydrogens (tertiary/aromatic N) is 2. The molecule has 2 aromatic rings. The van der Waals surface area contributed by atoms with Crippen LogP contribution in [0.5, 0.6) is 0 Å². The zero-order valence-electron chi connectivity index (χ0n) is 9.81. The van der Waals surface area contributed by atoms with Crippen molar-refractivity contribution in [2.45, 2.75) is 12.3 Å². The summed E-state index contributed by atoms with van der Waals surface area (Å²) in [5, 5.41) is 4.97. The summed E-state index contributed by atoms with van der Waals surface area (Å²) in [7, 11) is 1.95. The number of aromatic nitrogens is 2. The number of nitrogens with two attached hydrogens (primary N) is 1. The van der Waals surface area contributed by atoms with Gasteiger partial charge in [0.05, 0.1) is 0 Å². The third-order valence-corrected chi connectivity index (χ3v) is 3.20. The molecule has 0 aliphatic rings. The van der Waals surface area contributed by atoms with Crippen LogP contribution in [0.3, 0.4) is 0 Å². The fourth-order valence-electron chi connectivity index (χ4n) is 2.07. The van der Waals surface area contributed by atoms with E-state index in [2.05, 4.69) is 17.2 Å². The highest BCUT2D eigenvalue weighted by Gasteiger charge is 2.16. The van der Waals surface area contributed by atoms with E-state index in [1.165, 1.54) is 11.3 Å². The number of rotatable bonds is 4. The summed E-state index contributed by atoms with van der Waals surface area (Å²) in [5.74, 6) is 0.282. The maximum atomic E-state index is 5.91. The zero-order chi connectivity index (χ0) is 12.3. The molecule has 0 saturated carbocycles. The fraction of sp³-hybridized carbons (Fsp3) is 0.308. The van der Waals surface area contributed by atoms with Crippen LogP contribution in [0.2, 0.25) is 5.02 Å². The minimum absolute atomic E-state index is 0.282. The van der Waals surface area contributed by atoms with Crippen molar-refractivity contribution in [3.63, 3.8) is 0 Å². The quantitative estimate of drug-likeness (QED) is 0.905. The Balaban J connectivity index is 2.35. The van der Waals surface area contributed by atoms with Gasteiger partial charge >= 0.3 is 0 Å². The van der Waals surface area contributed by atoms with Crippen LogP contribution < -0.4 is 5.73 Å². The molecule has 0 aliphatic heterocycles. The lowest BCUT2D eigenvalue weighted by molar-refractivity contribution is 0.631. The van der Waals surface area contributed by atoms with Crippen LogP contribution in [0.4, 0.5) is 0 Å². The molecule has 2 N–H and O–H groups in total. The van der Waals surface area contributed by atoms with E-state index in [1.807, 2.05) is 36.1 Å². The first kappa shape index (κ1) is 12.1. The first-order valence-electron chi connectivity index (χ1n) is 5.66. The first-order chi connectivity index (χ1) is 8.22. The maximum absolute atomic E-state index is 5.91. The molecule has 17 heavy (non-hydrogen) atoms. The van der Waals surface area contributed by atoms with Crippen LogP contribution in [-0.2, 0) is 7.05 Å². The second-order valence-corrected chi connectivity index (χ2v) is 4.50. The summed E-state index contributed by atoms with van der Waals surface area (Å²) in [6, 6.07) is 9.97. The second-order valence-electron chi connectivity index (χ2n) is 4.06. The monoisotopic (exact) mass is 249 g/mol. The zero-order valence-corrected chi connectivity index (χ0v) is 10.6. The topological polar surface area (TPSA) is 43.8 Å². The van der Waals surface area contributed by atoms with Crippen LogP contribution in [0, 0.1) is 0 Å². The minimum Gasteiger partial charge on any atom is -0.330 e. The van der Waals surface area contributed by atoms with Gasteiger partial charge in [0.1, 0.15) is 0 Å². The van der Waals surface area contributed by atoms with Crippen molar-refractivity contribution >= 4 is 11.6 Å². The molecule has 4 heteroatoms. The van der Waals surface area contributed by atoms with E-state index in [1.54, 1.807) is 0 Å². The second kappa shape index (κ2) is 5.34. The van der Waals surface area contributed by atoms with Crippen LogP contribution in [0.25, 0.3) is 0 Å². The largest absolute Gasteiger partial charge is 0.330 e. The number of hydrogen-bond acceptors (Lipinski definition) is 2. The van der Waals surface area contributed by atoms with Crippen molar-refractivity contribution < 1.29 is 0 Å². The number of benzene rings is 1. The van der Waals surface area contributed by atoms with Gasteiger partial charge in [-0.25, -0.2) is 0 Å². The van der Waals surface area contributed by atoms with Crippen LogP contribution >= 0.6 is 11.6 Å². The van der Waals surface area contributed by atoms with Gasteiger partial charge < -0.3 is 5.73 Å². The summed E-state index contributed by atoms with van der Waals surface area (Å²) < 4.78 is 1.90. The van der Waals surface area contributed by atoms with Crippen LogP contribution in [-0.4, -0.2) is 16.3 Å². The average Bonchev–Trinajstić information content (AvgIpc) is 2.74. The van der Waals surface area contributed by atoms with Crippen molar-refractivity contribution in [3.8, 4) is 0 Å². The first-order valence-corrected chi connectivity index (χ1v) is 6.03. The minimum atomic E-state index is 0.282. The maximum Gasteiger partial charge on any atom is 0.0492 e. The van der Waals surface area contributed by atoms with Gasteiger partial charge in [0.15, 0.2) is 0 Å². The number of aryl methyl sites for hydroxylation is 1. The third-order valence-electron chi connectivity index (χ3n) is 2.94. The molecule has 1 atom stereocenters. The Kier molecular flexibility index (Phi) is 3.82. The molecule has 0 radical (unpaired) electrons. The highest BCUT2D eigenvalue weighted by Crippen LogP contribution is 2.27. The standard InChI is InChI=1S/C13H16ClN3/c1-17-13(7-9-16-17)12(6-8-15)10-2-4-11(14)5-3-10/h2-5,7,9,12H,6,8,15H2,1H3. The van der Waals surface area contributed by atoms with Crippen molar-refractivity contribution in [1.82, 2.24) is 9.78 Å². The molecule has 1 aromatic carbocycles. The molecule has 0 fully saturated rings. The number of halogens is 1. The Bertz CT molecular complexity index is 476. The van der Waals surface area contributed by atoms with E-state index < -0.39 is 0 Å². The Morgan fingerprint density at radius 3 is 2.53 bits per heavy atom. The smallest absolute Gasteiger partial charge is 0.0492 e. The van der Waals surface area contributed by atoms with Crippen LogP contribution in [0.1, 0.15) is 23.6 Å². The number of hydrogen-bond donors (Lipinski definition) is 1. The summed E-state index contributed by atoms with van der Waals surface area (Å²) >= 11 is 5.91. The normalized spacial score (nSPS) is 12.6. The SMILES string of the molecule is Cn1nccc1C(CCN)c1ccc(Cl)cc1. The van der Waals surface area contributed by atoms with Gasteiger partial charge in [-0.3, -0.25) is 4.68 Å². The van der Waals surface area contributed by atoms with E-state index >= 15 is 0 Å². The third kappa shape index (κ3) is 2.68. The molecule has 1 unspecified atom stereocenters. The molecule has 0 spiro atoms. The van der Waals surface area contributed by atoms with Crippen molar-refractivity contribution in [1.29, 1.82) is 0 Å².